The number of hydrogen-bond donors (Lipinski definition) is 2. The summed E-state index contributed by atoms with van der Waals surface area (Å²) in [7, 11) is 0. The molecule has 2 N–H and O–H groups in total. The van der Waals surface area contributed by atoms with E-state index in [1.54, 1.807) is 11.8 Å². The van der Waals surface area contributed by atoms with Crippen molar-refractivity contribution >= 4 is 12.0 Å². The highest BCUT2D eigenvalue weighted by molar-refractivity contribution is 5.74. The highest BCUT2D eigenvalue weighted by Gasteiger charge is 2.18. The highest BCUT2D eigenvalue weighted by Crippen LogP contribution is 2.15. The molecule has 0 spiro atoms. The van der Waals surface area contributed by atoms with Gasteiger partial charge in [-0.1, -0.05) is 56.3 Å². The molecule has 0 aliphatic heterocycles. The van der Waals surface area contributed by atoms with Crippen molar-refractivity contribution in [3.05, 3.63) is 65.7 Å². The van der Waals surface area contributed by atoms with Crippen LogP contribution in [0.25, 0.3) is 0 Å². The van der Waals surface area contributed by atoms with E-state index in [1.165, 1.54) is 0 Å². The second-order valence-corrected chi connectivity index (χ2v) is 8.65. The fraction of sp³-hybridized carbons (Fsp3) is 0.481. The third-order valence-corrected chi connectivity index (χ3v) is 5.40. The van der Waals surface area contributed by atoms with E-state index in [9.17, 15) is 14.7 Å². The van der Waals surface area contributed by atoms with Crippen LogP contribution in [0.5, 0.6) is 5.75 Å². The Morgan fingerprint density at radius 1 is 1.00 bits per heavy atom. The van der Waals surface area contributed by atoms with E-state index in [1.807, 2.05) is 54.6 Å². The van der Waals surface area contributed by atoms with Gasteiger partial charge in [0.15, 0.2) is 6.10 Å². The molecule has 0 saturated carbocycles. The Morgan fingerprint density at radius 3 is 2.32 bits per heavy atom. The lowest BCUT2D eigenvalue weighted by Gasteiger charge is -2.24. The normalized spacial score (nSPS) is 11.8. The monoisotopic (exact) mass is 470 g/mol. The number of aliphatic carboxylic acids is 1. The summed E-state index contributed by atoms with van der Waals surface area (Å²) >= 11 is 0. The zero-order valence-electron chi connectivity index (χ0n) is 20.5. The number of carboxylic acid groups (broad SMARTS) is 1. The standard InChI is InChI=1S/C27H38N2O5/c1-4-33-25(26(30)31)19-22-12-14-24(15-13-22)34-18-17-29(16-8-9-21(2)3)27(32)28-20-23-10-6-5-7-11-23/h5-7,10-15,21,25H,4,8-9,16-20H2,1-3H3,(H,28,32)(H,30,31). The first-order valence-electron chi connectivity index (χ1n) is 12.0. The first kappa shape index (κ1) is 27.2. The first-order chi connectivity index (χ1) is 16.4. The SMILES string of the molecule is CCOC(Cc1ccc(OCCN(CCCC(C)C)C(=O)NCc2ccccc2)cc1)C(=O)O. The van der Waals surface area contributed by atoms with Crippen molar-refractivity contribution in [2.75, 3.05) is 26.3 Å². The third kappa shape index (κ3) is 10.3. The summed E-state index contributed by atoms with van der Waals surface area (Å²) in [5.41, 5.74) is 1.92. The summed E-state index contributed by atoms with van der Waals surface area (Å²) in [6.45, 7) is 8.50. The summed E-state index contributed by atoms with van der Waals surface area (Å²) in [5.74, 6) is 0.302. The molecule has 0 heterocycles. The summed E-state index contributed by atoms with van der Waals surface area (Å²) in [6.07, 6.45) is 1.44. The molecule has 1 atom stereocenters. The topological polar surface area (TPSA) is 88.1 Å². The Bertz CT molecular complexity index is 855. The molecule has 2 rings (SSSR count). The second-order valence-electron chi connectivity index (χ2n) is 8.65. The molecule has 0 bridgehead atoms. The molecule has 0 radical (unpaired) electrons. The number of ether oxygens (including phenoxy) is 2. The zero-order chi connectivity index (χ0) is 24.8. The van der Waals surface area contributed by atoms with Crippen molar-refractivity contribution < 1.29 is 24.2 Å². The third-order valence-electron chi connectivity index (χ3n) is 5.40. The fourth-order valence-corrected chi connectivity index (χ4v) is 3.52. The van der Waals surface area contributed by atoms with Gasteiger partial charge in [-0.05, 0) is 48.9 Å². The van der Waals surface area contributed by atoms with Crippen LogP contribution >= 0.6 is 0 Å². The number of carboxylic acids is 1. The number of amides is 2. The van der Waals surface area contributed by atoms with Crippen LogP contribution in [0.4, 0.5) is 4.79 Å². The number of urea groups is 1. The van der Waals surface area contributed by atoms with Crippen LogP contribution in [0.3, 0.4) is 0 Å². The van der Waals surface area contributed by atoms with Crippen LogP contribution in [0.2, 0.25) is 0 Å². The number of hydrogen-bond acceptors (Lipinski definition) is 4. The van der Waals surface area contributed by atoms with Crippen molar-refractivity contribution in [1.82, 2.24) is 10.2 Å². The molecule has 7 heteroatoms. The Balaban J connectivity index is 1.86. The van der Waals surface area contributed by atoms with Gasteiger partial charge in [0.05, 0.1) is 6.54 Å². The molecule has 7 nitrogen and oxygen atoms in total. The van der Waals surface area contributed by atoms with Gasteiger partial charge in [-0.2, -0.15) is 0 Å². The lowest BCUT2D eigenvalue weighted by Crippen LogP contribution is -2.42. The predicted molar refractivity (Wildman–Crippen MR) is 133 cm³/mol. The van der Waals surface area contributed by atoms with Crippen LogP contribution in [0.1, 0.15) is 44.7 Å². The molecular weight excluding hydrogens is 432 g/mol. The zero-order valence-corrected chi connectivity index (χ0v) is 20.5. The molecular formula is C27H38N2O5. The number of nitrogens with one attached hydrogen (secondary N) is 1. The summed E-state index contributed by atoms with van der Waals surface area (Å²) in [4.78, 5) is 25.9. The maximum absolute atomic E-state index is 12.8. The summed E-state index contributed by atoms with van der Waals surface area (Å²) in [6, 6.07) is 17.1. The molecule has 0 fully saturated rings. The number of nitrogens with zero attached hydrogens (tertiary/aromatic N) is 1. The van der Waals surface area contributed by atoms with Crippen molar-refractivity contribution in [1.29, 1.82) is 0 Å². The van der Waals surface area contributed by atoms with Crippen LogP contribution < -0.4 is 10.1 Å². The molecule has 186 valence electrons. The molecule has 2 aromatic rings. The number of rotatable bonds is 15. The Labute approximate surface area is 203 Å². The highest BCUT2D eigenvalue weighted by atomic mass is 16.5. The number of benzene rings is 2. The lowest BCUT2D eigenvalue weighted by atomic mass is 10.1. The Kier molecular flexibility index (Phi) is 12.0. The molecule has 0 saturated heterocycles. The van der Waals surface area contributed by atoms with Gasteiger partial charge in [0.2, 0.25) is 0 Å². The van der Waals surface area contributed by atoms with Crippen molar-refractivity contribution in [2.24, 2.45) is 5.92 Å². The quantitative estimate of drug-likeness (QED) is 0.392. The van der Waals surface area contributed by atoms with E-state index in [0.717, 1.165) is 24.0 Å². The molecule has 1 unspecified atom stereocenters. The second kappa shape index (κ2) is 15.0. The van der Waals surface area contributed by atoms with Gasteiger partial charge in [0.1, 0.15) is 12.4 Å². The van der Waals surface area contributed by atoms with Crippen LogP contribution in [0.15, 0.2) is 54.6 Å². The van der Waals surface area contributed by atoms with Crippen LogP contribution in [-0.2, 0) is 22.5 Å². The summed E-state index contributed by atoms with van der Waals surface area (Å²) in [5, 5.41) is 12.2. The van der Waals surface area contributed by atoms with Crippen LogP contribution in [-0.4, -0.2) is 54.4 Å². The van der Waals surface area contributed by atoms with Gasteiger partial charge in [-0.3, -0.25) is 0 Å². The molecule has 0 aliphatic carbocycles. The average molecular weight is 471 g/mol. The minimum atomic E-state index is -0.967. The largest absolute Gasteiger partial charge is 0.492 e. The molecule has 0 aliphatic rings. The first-order valence-corrected chi connectivity index (χ1v) is 12.0. The Morgan fingerprint density at radius 2 is 1.71 bits per heavy atom. The smallest absolute Gasteiger partial charge is 0.333 e. The van der Waals surface area contributed by atoms with E-state index >= 15 is 0 Å². The van der Waals surface area contributed by atoms with Crippen molar-refractivity contribution in [3.8, 4) is 5.75 Å². The minimum Gasteiger partial charge on any atom is -0.492 e. The van der Waals surface area contributed by atoms with E-state index in [-0.39, 0.29) is 6.03 Å². The molecule has 2 amide bonds. The van der Waals surface area contributed by atoms with E-state index in [4.69, 9.17) is 9.47 Å². The van der Waals surface area contributed by atoms with Gasteiger partial charge >= 0.3 is 12.0 Å². The van der Waals surface area contributed by atoms with E-state index in [0.29, 0.717) is 50.9 Å². The van der Waals surface area contributed by atoms with Gasteiger partial charge in [-0.15, -0.1) is 0 Å². The lowest BCUT2D eigenvalue weighted by molar-refractivity contribution is -0.149. The van der Waals surface area contributed by atoms with Crippen molar-refractivity contribution in [2.45, 2.75) is 52.7 Å². The number of carbonyl (C=O) groups is 2. The van der Waals surface area contributed by atoms with E-state index < -0.39 is 12.1 Å². The fourth-order valence-electron chi connectivity index (χ4n) is 3.52. The van der Waals surface area contributed by atoms with Gasteiger partial charge in [0.25, 0.3) is 0 Å². The van der Waals surface area contributed by atoms with Crippen LogP contribution in [0, 0.1) is 5.92 Å². The molecule has 34 heavy (non-hydrogen) atoms. The summed E-state index contributed by atoms with van der Waals surface area (Å²) < 4.78 is 11.1. The molecule has 2 aromatic carbocycles. The molecule has 0 aromatic heterocycles. The van der Waals surface area contributed by atoms with Gasteiger partial charge in [0, 0.05) is 26.1 Å². The number of carbonyl (C=O) groups excluding carboxylic acids is 1. The van der Waals surface area contributed by atoms with E-state index in [2.05, 4.69) is 19.2 Å². The average Bonchev–Trinajstić information content (AvgIpc) is 2.82. The van der Waals surface area contributed by atoms with Gasteiger partial charge < -0.3 is 24.8 Å². The minimum absolute atomic E-state index is 0.0952. The predicted octanol–water partition coefficient (Wildman–Crippen LogP) is 4.75. The van der Waals surface area contributed by atoms with Gasteiger partial charge in [-0.25, -0.2) is 9.59 Å². The maximum atomic E-state index is 12.8. The van der Waals surface area contributed by atoms with Crippen molar-refractivity contribution in [3.63, 3.8) is 0 Å². The maximum Gasteiger partial charge on any atom is 0.333 e. The Hall–Kier alpha value is -3.06.